The highest BCUT2D eigenvalue weighted by molar-refractivity contribution is 5.69. The first-order valence-electron chi connectivity index (χ1n) is 22.6. The Hall–Kier alpha value is -0.790. The van der Waals surface area contributed by atoms with Crippen LogP contribution in [0.3, 0.4) is 0 Å². The van der Waals surface area contributed by atoms with E-state index in [0.717, 1.165) is 32.1 Å². The van der Waals surface area contributed by atoms with Crippen molar-refractivity contribution in [1.82, 2.24) is 0 Å². The van der Waals surface area contributed by atoms with Crippen molar-refractivity contribution in [2.24, 2.45) is 48.7 Å². The summed E-state index contributed by atoms with van der Waals surface area (Å²) in [6.07, 6.45) is 33.4. The van der Waals surface area contributed by atoms with Gasteiger partial charge in [-0.25, -0.2) is 0 Å². The van der Waals surface area contributed by atoms with Gasteiger partial charge in [-0.05, 0) is 114 Å². The molecule has 0 N–H and O–H groups in total. The van der Waals surface area contributed by atoms with E-state index in [1.54, 1.807) is 0 Å². The normalized spacial score (nSPS) is 42.5. The molecule has 0 bridgehead atoms. The summed E-state index contributed by atoms with van der Waals surface area (Å²) in [5.74, 6) is 0.0523. The number of hydrogen-bond acceptors (Lipinski definition) is 2. The third kappa shape index (κ3) is 6.57. The Bertz CT molecular complexity index is 1260. The largest absolute Gasteiger partial charge is 0.462 e. The van der Waals surface area contributed by atoms with E-state index in [9.17, 15) is 4.79 Å². The van der Waals surface area contributed by atoms with Gasteiger partial charge in [0, 0.05) is 11.8 Å². The fourth-order valence-corrected chi connectivity index (χ4v) is 14.6. The van der Waals surface area contributed by atoms with E-state index in [1.165, 1.54) is 116 Å². The number of hydrogen-bond donors (Lipinski definition) is 0. The Kier molecular flexibility index (Phi) is 11.9. The maximum absolute atomic E-state index is 13.4. The van der Waals surface area contributed by atoms with Crippen molar-refractivity contribution in [2.45, 2.75) is 243 Å². The zero-order valence-electron chi connectivity index (χ0n) is 36.4. The van der Waals surface area contributed by atoms with Crippen molar-refractivity contribution >= 4 is 5.97 Å². The molecule has 5 aliphatic rings. The van der Waals surface area contributed by atoms with Crippen LogP contribution in [-0.2, 0) is 9.53 Å². The Labute approximate surface area is 318 Å². The average Bonchev–Trinajstić information content (AvgIpc) is 3.05. The van der Waals surface area contributed by atoms with Crippen LogP contribution in [0.1, 0.15) is 237 Å². The molecule has 0 aliphatic heterocycles. The highest BCUT2D eigenvalue weighted by Crippen LogP contribution is 2.83. The first-order valence-corrected chi connectivity index (χ1v) is 22.6. The fourth-order valence-electron chi connectivity index (χ4n) is 14.6. The number of allylic oxidation sites excluding steroid dienone is 2. The predicted octanol–water partition coefficient (Wildman–Crippen LogP) is 15.4. The quantitative estimate of drug-likeness (QED) is 0.0962. The van der Waals surface area contributed by atoms with Crippen LogP contribution in [0.15, 0.2) is 11.6 Å². The molecule has 0 amide bonds. The first-order chi connectivity index (χ1) is 23.7. The lowest BCUT2D eigenvalue weighted by molar-refractivity contribution is -0.258. The molecule has 2 nitrogen and oxygen atoms in total. The van der Waals surface area contributed by atoms with Crippen molar-refractivity contribution in [2.75, 3.05) is 0 Å². The smallest absolute Gasteiger partial charge is 0.306 e. The SMILES string of the molecule is CCCCCCCCCCCCCCCC(=O)OC1CCC2(C)C3(C)CCC4(C)C(C)(CCC5(C)CCC(C)(C)CC54C)C3=CCC2(C)C1(C)C. The molecule has 51 heavy (non-hydrogen) atoms. The van der Waals surface area contributed by atoms with Gasteiger partial charge in [-0.2, -0.15) is 0 Å². The Morgan fingerprint density at radius 1 is 0.588 bits per heavy atom. The van der Waals surface area contributed by atoms with Gasteiger partial charge < -0.3 is 4.74 Å². The molecular weight excluding hydrogens is 621 g/mol. The maximum atomic E-state index is 13.4. The Morgan fingerprint density at radius 3 is 1.65 bits per heavy atom. The predicted molar refractivity (Wildman–Crippen MR) is 219 cm³/mol. The average molecular weight is 707 g/mol. The van der Waals surface area contributed by atoms with Crippen LogP contribution in [0.25, 0.3) is 0 Å². The zero-order chi connectivity index (χ0) is 37.6. The van der Waals surface area contributed by atoms with E-state index < -0.39 is 0 Å². The molecule has 5 rings (SSSR count). The Balaban J connectivity index is 1.20. The molecule has 0 spiro atoms. The number of carbonyl (C=O) groups excluding carboxylic acids is 1. The minimum atomic E-state index is -0.0805. The summed E-state index contributed by atoms with van der Waals surface area (Å²) in [4.78, 5) is 13.4. The highest BCUT2D eigenvalue weighted by atomic mass is 16.5. The molecule has 0 radical (unpaired) electrons. The number of fused-ring (bicyclic) bond motifs is 7. The van der Waals surface area contributed by atoms with E-state index in [4.69, 9.17) is 4.74 Å². The number of carbonyl (C=O) groups is 1. The van der Waals surface area contributed by atoms with Crippen molar-refractivity contribution in [3.63, 3.8) is 0 Å². The highest BCUT2D eigenvalue weighted by Gasteiger charge is 2.75. The van der Waals surface area contributed by atoms with Crippen LogP contribution < -0.4 is 0 Å². The van der Waals surface area contributed by atoms with Crippen LogP contribution in [0, 0.1) is 48.7 Å². The van der Waals surface area contributed by atoms with Gasteiger partial charge in [-0.3, -0.25) is 4.79 Å². The molecule has 294 valence electrons. The van der Waals surface area contributed by atoms with Gasteiger partial charge in [0.15, 0.2) is 0 Å². The number of unbranched alkanes of at least 4 members (excludes halogenated alkanes) is 12. The molecule has 0 heterocycles. The molecule has 0 aromatic carbocycles. The van der Waals surface area contributed by atoms with Crippen molar-refractivity contribution in [3.8, 4) is 0 Å². The molecule has 0 saturated heterocycles. The number of ether oxygens (including phenoxy) is 1. The summed E-state index contributed by atoms with van der Waals surface area (Å²) in [7, 11) is 0. The van der Waals surface area contributed by atoms with Crippen molar-refractivity contribution in [1.29, 1.82) is 0 Å². The lowest BCUT2D eigenvalue weighted by Gasteiger charge is -2.78. The summed E-state index contributed by atoms with van der Waals surface area (Å²) in [5, 5.41) is 0. The van der Waals surface area contributed by atoms with Crippen LogP contribution in [0.4, 0.5) is 0 Å². The van der Waals surface area contributed by atoms with Crippen molar-refractivity contribution in [3.05, 3.63) is 11.6 Å². The van der Waals surface area contributed by atoms with Gasteiger partial charge in [-0.15, -0.1) is 0 Å². The molecule has 4 fully saturated rings. The topological polar surface area (TPSA) is 26.3 Å². The summed E-state index contributed by atoms with van der Waals surface area (Å²) < 4.78 is 6.51. The monoisotopic (exact) mass is 707 g/mol. The standard InChI is InChI=1S/C49H86O2/c1-13-14-15-16-17-18-19-20-21-22-23-24-25-26-40(50)51-39-28-30-47(10)45(8)35-36-48(11)44(7,38(45)27-29-46(47,9)42(39,4)5)34-33-43(6)32-31-41(2,3)37-49(43,48)12/h27,39H,13-26,28-37H2,1-12H3. The Morgan fingerprint density at radius 2 is 1.08 bits per heavy atom. The third-order valence-electron chi connectivity index (χ3n) is 19.5. The molecule has 4 saturated carbocycles. The van der Waals surface area contributed by atoms with Crippen LogP contribution >= 0.6 is 0 Å². The van der Waals surface area contributed by atoms with Gasteiger partial charge in [0.25, 0.3) is 0 Å². The van der Waals surface area contributed by atoms with Gasteiger partial charge in [0.1, 0.15) is 6.10 Å². The summed E-state index contributed by atoms with van der Waals surface area (Å²) >= 11 is 0. The minimum absolute atomic E-state index is 0.00631. The van der Waals surface area contributed by atoms with Crippen LogP contribution in [-0.4, -0.2) is 12.1 Å². The molecule has 0 aromatic heterocycles. The van der Waals surface area contributed by atoms with E-state index in [-0.39, 0.29) is 39.1 Å². The van der Waals surface area contributed by atoms with Crippen LogP contribution in [0.2, 0.25) is 0 Å². The fraction of sp³-hybridized carbons (Fsp3) is 0.939. The zero-order valence-corrected chi connectivity index (χ0v) is 36.4. The summed E-state index contributed by atoms with van der Waals surface area (Å²) in [6, 6.07) is 0. The lowest BCUT2D eigenvalue weighted by Crippen LogP contribution is -2.71. The third-order valence-corrected chi connectivity index (χ3v) is 19.5. The maximum Gasteiger partial charge on any atom is 0.306 e. The van der Waals surface area contributed by atoms with E-state index in [1.807, 2.05) is 5.57 Å². The minimum Gasteiger partial charge on any atom is -0.462 e. The lowest BCUT2D eigenvalue weighted by atomic mass is 9.26. The molecule has 5 aliphatic carbocycles. The molecule has 8 atom stereocenters. The van der Waals surface area contributed by atoms with E-state index >= 15 is 0 Å². The van der Waals surface area contributed by atoms with Crippen molar-refractivity contribution < 1.29 is 9.53 Å². The number of esters is 1. The second kappa shape index (κ2) is 14.7. The molecular formula is C49H86O2. The van der Waals surface area contributed by atoms with Crippen LogP contribution in [0.5, 0.6) is 0 Å². The number of rotatable bonds is 15. The second-order valence-electron chi connectivity index (χ2n) is 22.4. The summed E-state index contributed by atoms with van der Waals surface area (Å²) in [5.41, 5.74) is 3.89. The second-order valence-corrected chi connectivity index (χ2v) is 22.4. The van der Waals surface area contributed by atoms with Gasteiger partial charge >= 0.3 is 5.97 Å². The first kappa shape index (κ1) is 41.4. The molecule has 8 unspecified atom stereocenters. The van der Waals surface area contributed by atoms with E-state index in [2.05, 4.69) is 89.2 Å². The van der Waals surface area contributed by atoms with Gasteiger partial charge in [0.2, 0.25) is 0 Å². The molecule has 0 aromatic rings. The van der Waals surface area contributed by atoms with Gasteiger partial charge in [-0.1, -0.05) is 172 Å². The van der Waals surface area contributed by atoms with E-state index in [0.29, 0.717) is 28.1 Å². The van der Waals surface area contributed by atoms with Gasteiger partial charge in [0.05, 0.1) is 0 Å². The molecule has 2 heteroatoms. The summed E-state index contributed by atoms with van der Waals surface area (Å²) in [6.45, 7) is 31.2.